The van der Waals surface area contributed by atoms with Gasteiger partial charge in [0.25, 0.3) is 0 Å². The van der Waals surface area contributed by atoms with Crippen molar-refractivity contribution in [2.45, 2.75) is 25.0 Å². The van der Waals surface area contributed by atoms with Gasteiger partial charge in [-0.05, 0) is 48.2 Å². The van der Waals surface area contributed by atoms with Crippen LogP contribution in [0.4, 0.5) is 4.39 Å². The third kappa shape index (κ3) is 3.84. The summed E-state index contributed by atoms with van der Waals surface area (Å²) in [6, 6.07) is 14.6. The van der Waals surface area contributed by atoms with Crippen molar-refractivity contribution >= 4 is 0 Å². The Hall–Kier alpha value is -1.91. The lowest BCUT2D eigenvalue weighted by molar-refractivity contribution is 0.104. The lowest BCUT2D eigenvalue weighted by Crippen LogP contribution is -2.38. The zero-order valence-electron chi connectivity index (χ0n) is 12.3. The van der Waals surface area contributed by atoms with Gasteiger partial charge in [0.15, 0.2) is 0 Å². The molecular weight excluding hydrogens is 281 g/mol. The first-order chi connectivity index (χ1) is 10.7. The van der Waals surface area contributed by atoms with Gasteiger partial charge in [-0.3, -0.25) is 0 Å². The van der Waals surface area contributed by atoms with Crippen molar-refractivity contribution in [2.24, 2.45) is 0 Å². The van der Waals surface area contributed by atoms with Crippen LogP contribution in [0.2, 0.25) is 0 Å². The SMILES string of the molecule is OC(CNC1Cc2ccccc2C1)COc1ccc(F)cc1. The molecule has 0 fully saturated rings. The summed E-state index contributed by atoms with van der Waals surface area (Å²) in [7, 11) is 0. The highest BCUT2D eigenvalue weighted by atomic mass is 19.1. The van der Waals surface area contributed by atoms with E-state index in [1.165, 1.54) is 23.3 Å². The Kier molecular flexibility index (Phi) is 4.71. The average Bonchev–Trinajstić information content (AvgIpc) is 2.95. The van der Waals surface area contributed by atoms with Gasteiger partial charge in [-0.2, -0.15) is 0 Å². The third-order valence-corrected chi connectivity index (χ3v) is 3.95. The fourth-order valence-corrected chi connectivity index (χ4v) is 2.79. The van der Waals surface area contributed by atoms with E-state index < -0.39 is 6.10 Å². The van der Waals surface area contributed by atoms with Gasteiger partial charge >= 0.3 is 0 Å². The fourth-order valence-electron chi connectivity index (χ4n) is 2.79. The highest BCUT2D eigenvalue weighted by Crippen LogP contribution is 2.21. The van der Waals surface area contributed by atoms with E-state index in [1.54, 1.807) is 12.1 Å². The minimum Gasteiger partial charge on any atom is -0.491 e. The first kappa shape index (κ1) is 15.0. The van der Waals surface area contributed by atoms with Crippen LogP contribution in [0.3, 0.4) is 0 Å². The van der Waals surface area contributed by atoms with Crippen molar-refractivity contribution < 1.29 is 14.2 Å². The zero-order chi connectivity index (χ0) is 15.4. The minimum atomic E-state index is -0.589. The summed E-state index contributed by atoms with van der Waals surface area (Å²) in [5, 5.41) is 13.4. The van der Waals surface area contributed by atoms with Crippen molar-refractivity contribution in [1.29, 1.82) is 0 Å². The molecule has 0 spiro atoms. The molecule has 2 N–H and O–H groups in total. The van der Waals surface area contributed by atoms with E-state index in [1.807, 2.05) is 0 Å². The average molecular weight is 301 g/mol. The molecule has 1 aliphatic carbocycles. The van der Waals surface area contributed by atoms with Gasteiger partial charge in [0, 0.05) is 12.6 Å². The maximum Gasteiger partial charge on any atom is 0.123 e. The maximum atomic E-state index is 12.8. The molecule has 0 heterocycles. The van der Waals surface area contributed by atoms with E-state index in [4.69, 9.17) is 4.74 Å². The van der Waals surface area contributed by atoms with E-state index in [0.717, 1.165) is 12.8 Å². The highest BCUT2D eigenvalue weighted by molar-refractivity contribution is 5.33. The lowest BCUT2D eigenvalue weighted by Gasteiger charge is -2.16. The van der Waals surface area contributed by atoms with Gasteiger partial charge < -0.3 is 15.2 Å². The van der Waals surface area contributed by atoms with Crippen LogP contribution in [0.1, 0.15) is 11.1 Å². The molecule has 2 aromatic rings. The van der Waals surface area contributed by atoms with Crippen LogP contribution in [0, 0.1) is 5.82 Å². The Labute approximate surface area is 129 Å². The van der Waals surface area contributed by atoms with Gasteiger partial charge in [0.1, 0.15) is 24.3 Å². The normalized spacial score (nSPS) is 15.5. The number of rotatable bonds is 6. The molecule has 2 aromatic carbocycles. The van der Waals surface area contributed by atoms with Crippen LogP contribution < -0.4 is 10.1 Å². The molecule has 1 unspecified atom stereocenters. The molecule has 0 aromatic heterocycles. The molecule has 116 valence electrons. The van der Waals surface area contributed by atoms with Crippen LogP contribution in [0.15, 0.2) is 48.5 Å². The van der Waals surface area contributed by atoms with Gasteiger partial charge in [0.05, 0.1) is 0 Å². The smallest absolute Gasteiger partial charge is 0.123 e. The Morgan fingerprint density at radius 3 is 2.36 bits per heavy atom. The molecule has 0 amide bonds. The topological polar surface area (TPSA) is 41.5 Å². The summed E-state index contributed by atoms with van der Waals surface area (Å²) in [6.07, 6.45) is 1.41. The standard InChI is InChI=1S/C18H20FNO2/c19-15-5-7-18(8-6-15)22-12-17(21)11-20-16-9-13-3-1-2-4-14(13)10-16/h1-8,16-17,20-21H,9-12H2. The highest BCUT2D eigenvalue weighted by Gasteiger charge is 2.21. The van der Waals surface area contributed by atoms with Gasteiger partial charge in [-0.1, -0.05) is 24.3 Å². The molecule has 0 saturated heterocycles. The predicted octanol–water partition coefficient (Wildman–Crippen LogP) is 2.32. The number of hydrogen-bond acceptors (Lipinski definition) is 3. The van der Waals surface area contributed by atoms with Crippen molar-refractivity contribution in [2.75, 3.05) is 13.2 Å². The van der Waals surface area contributed by atoms with Crippen LogP contribution >= 0.6 is 0 Å². The third-order valence-electron chi connectivity index (χ3n) is 3.95. The quantitative estimate of drug-likeness (QED) is 0.860. The summed E-state index contributed by atoms with van der Waals surface area (Å²) < 4.78 is 18.2. The van der Waals surface area contributed by atoms with Gasteiger partial charge in [0.2, 0.25) is 0 Å². The second-order valence-corrected chi connectivity index (χ2v) is 5.70. The summed E-state index contributed by atoms with van der Waals surface area (Å²) in [4.78, 5) is 0. The van der Waals surface area contributed by atoms with Gasteiger partial charge in [-0.25, -0.2) is 4.39 Å². The number of benzene rings is 2. The Morgan fingerprint density at radius 1 is 1.09 bits per heavy atom. The number of halogens is 1. The fraction of sp³-hybridized carbons (Fsp3) is 0.333. The van der Waals surface area contributed by atoms with E-state index >= 15 is 0 Å². The molecule has 0 radical (unpaired) electrons. The van der Waals surface area contributed by atoms with Crippen molar-refractivity contribution in [1.82, 2.24) is 5.32 Å². The summed E-state index contributed by atoms with van der Waals surface area (Å²) in [5.74, 6) is 0.268. The molecule has 0 aliphatic heterocycles. The van der Waals surface area contributed by atoms with E-state index in [2.05, 4.69) is 29.6 Å². The molecule has 22 heavy (non-hydrogen) atoms. The molecule has 0 saturated carbocycles. The maximum absolute atomic E-state index is 12.8. The van der Waals surface area contributed by atoms with Crippen LogP contribution in [-0.4, -0.2) is 30.4 Å². The molecule has 1 atom stereocenters. The van der Waals surface area contributed by atoms with Crippen LogP contribution in [-0.2, 0) is 12.8 Å². The van der Waals surface area contributed by atoms with E-state index in [9.17, 15) is 9.50 Å². The first-order valence-corrected chi connectivity index (χ1v) is 7.57. The number of aliphatic hydroxyl groups excluding tert-OH is 1. The molecule has 3 nitrogen and oxygen atoms in total. The number of ether oxygens (including phenoxy) is 1. The molecule has 1 aliphatic rings. The first-order valence-electron chi connectivity index (χ1n) is 7.57. The Balaban J connectivity index is 1.40. The van der Waals surface area contributed by atoms with E-state index in [-0.39, 0.29) is 12.4 Å². The molecule has 3 rings (SSSR count). The van der Waals surface area contributed by atoms with Crippen molar-refractivity contribution in [3.8, 4) is 5.75 Å². The Morgan fingerprint density at radius 2 is 1.73 bits per heavy atom. The largest absolute Gasteiger partial charge is 0.491 e. The van der Waals surface area contributed by atoms with Crippen LogP contribution in [0.25, 0.3) is 0 Å². The Bertz CT molecular complexity index is 590. The number of hydrogen-bond donors (Lipinski definition) is 2. The monoisotopic (exact) mass is 301 g/mol. The number of nitrogens with one attached hydrogen (secondary N) is 1. The zero-order valence-corrected chi connectivity index (χ0v) is 12.3. The van der Waals surface area contributed by atoms with Crippen molar-refractivity contribution in [3.63, 3.8) is 0 Å². The molecule has 4 heteroatoms. The second-order valence-electron chi connectivity index (χ2n) is 5.70. The van der Waals surface area contributed by atoms with Crippen molar-refractivity contribution in [3.05, 3.63) is 65.5 Å². The summed E-state index contributed by atoms with van der Waals surface area (Å²) >= 11 is 0. The summed E-state index contributed by atoms with van der Waals surface area (Å²) in [5.41, 5.74) is 2.77. The van der Waals surface area contributed by atoms with E-state index in [0.29, 0.717) is 18.3 Å². The lowest BCUT2D eigenvalue weighted by atomic mass is 10.1. The minimum absolute atomic E-state index is 0.193. The number of aliphatic hydroxyl groups is 1. The predicted molar refractivity (Wildman–Crippen MR) is 83.5 cm³/mol. The molecule has 0 bridgehead atoms. The number of fused-ring (bicyclic) bond motifs is 1. The molecular formula is C18H20FNO2. The van der Waals surface area contributed by atoms with Gasteiger partial charge in [-0.15, -0.1) is 0 Å². The van der Waals surface area contributed by atoms with Crippen LogP contribution in [0.5, 0.6) is 5.75 Å². The summed E-state index contributed by atoms with van der Waals surface area (Å²) in [6.45, 7) is 0.679. The second kappa shape index (κ2) is 6.90.